The largest absolute Gasteiger partial charge is 0.469 e. The molecule has 0 unspecified atom stereocenters. The molecule has 0 saturated heterocycles. The molecule has 25 heavy (non-hydrogen) atoms. The van der Waals surface area contributed by atoms with Crippen LogP contribution in [-0.2, 0) is 16.0 Å². The molecule has 2 heteroatoms. The Morgan fingerprint density at radius 1 is 1.36 bits per heavy atom. The van der Waals surface area contributed by atoms with E-state index in [1.54, 1.807) is 0 Å². The van der Waals surface area contributed by atoms with Gasteiger partial charge in [-0.05, 0) is 61.0 Å². The van der Waals surface area contributed by atoms with E-state index in [0.29, 0.717) is 5.92 Å². The van der Waals surface area contributed by atoms with Crippen molar-refractivity contribution in [3.05, 3.63) is 48.0 Å². The van der Waals surface area contributed by atoms with Crippen LogP contribution in [0.2, 0.25) is 0 Å². The molecule has 2 nitrogen and oxygen atoms in total. The second kappa shape index (κ2) is 7.76. The molecular weight excluding hydrogens is 308 g/mol. The zero-order valence-corrected chi connectivity index (χ0v) is 16.6. The number of benzene rings is 1. The van der Waals surface area contributed by atoms with E-state index in [2.05, 4.69) is 64.6 Å². The van der Waals surface area contributed by atoms with Gasteiger partial charge in [-0.1, -0.05) is 57.5 Å². The Balaban J connectivity index is 2.26. The highest BCUT2D eigenvalue weighted by atomic mass is 16.5. The normalized spacial score (nSPS) is 29.4. The SMILES string of the molecule is C=C[C@@]1(C)CCC[C@@](C)(C(=O)OC)[C@@H]1CCc1cccc(C(C)C)c1. The average Bonchev–Trinajstić information content (AvgIpc) is 2.60. The van der Waals surface area contributed by atoms with Gasteiger partial charge in [0, 0.05) is 0 Å². The second-order valence-electron chi connectivity index (χ2n) is 8.46. The number of rotatable bonds is 6. The van der Waals surface area contributed by atoms with Gasteiger partial charge in [0.15, 0.2) is 0 Å². The zero-order valence-electron chi connectivity index (χ0n) is 16.6. The number of methoxy groups -OCH3 is 1. The molecule has 0 N–H and O–H groups in total. The topological polar surface area (TPSA) is 26.3 Å². The van der Waals surface area contributed by atoms with Crippen molar-refractivity contribution in [1.29, 1.82) is 0 Å². The van der Waals surface area contributed by atoms with Crippen LogP contribution in [0.5, 0.6) is 0 Å². The maximum atomic E-state index is 12.6. The van der Waals surface area contributed by atoms with Crippen LogP contribution in [0.1, 0.15) is 70.4 Å². The summed E-state index contributed by atoms with van der Waals surface area (Å²) in [5.41, 5.74) is 2.29. The molecule has 2 rings (SSSR count). The lowest BCUT2D eigenvalue weighted by atomic mass is 9.54. The fraction of sp³-hybridized carbons (Fsp3) is 0.609. The van der Waals surface area contributed by atoms with Gasteiger partial charge in [-0.15, -0.1) is 6.58 Å². The monoisotopic (exact) mass is 342 g/mol. The molecule has 3 atom stereocenters. The number of allylic oxidation sites excluding steroid dienone is 1. The van der Waals surface area contributed by atoms with Crippen molar-refractivity contribution in [1.82, 2.24) is 0 Å². The van der Waals surface area contributed by atoms with Crippen LogP contribution < -0.4 is 0 Å². The quantitative estimate of drug-likeness (QED) is 0.474. The minimum Gasteiger partial charge on any atom is -0.469 e. The molecule has 1 aliphatic rings. The van der Waals surface area contributed by atoms with E-state index in [0.717, 1.165) is 32.1 Å². The summed E-state index contributed by atoms with van der Waals surface area (Å²) >= 11 is 0. The number of hydrogen-bond donors (Lipinski definition) is 0. The van der Waals surface area contributed by atoms with E-state index >= 15 is 0 Å². The summed E-state index contributed by atoms with van der Waals surface area (Å²) in [6, 6.07) is 8.86. The predicted octanol–water partition coefficient (Wildman–Crippen LogP) is 5.91. The zero-order chi connectivity index (χ0) is 18.7. The van der Waals surface area contributed by atoms with Crippen molar-refractivity contribution in [2.24, 2.45) is 16.7 Å². The van der Waals surface area contributed by atoms with Crippen LogP contribution in [0.15, 0.2) is 36.9 Å². The predicted molar refractivity (Wildman–Crippen MR) is 105 cm³/mol. The molecule has 0 bridgehead atoms. The van der Waals surface area contributed by atoms with Gasteiger partial charge < -0.3 is 4.74 Å². The van der Waals surface area contributed by atoms with Gasteiger partial charge in [-0.25, -0.2) is 0 Å². The van der Waals surface area contributed by atoms with E-state index in [1.807, 2.05) is 0 Å². The van der Waals surface area contributed by atoms with Gasteiger partial charge in [0.05, 0.1) is 12.5 Å². The van der Waals surface area contributed by atoms with E-state index in [4.69, 9.17) is 4.74 Å². The fourth-order valence-corrected chi connectivity index (χ4v) is 4.70. The number of carbonyl (C=O) groups excluding carboxylic acids is 1. The van der Waals surface area contributed by atoms with Crippen LogP contribution in [0, 0.1) is 16.7 Å². The fourth-order valence-electron chi connectivity index (χ4n) is 4.70. The standard InChI is InChI=1S/C23H34O2/c1-7-22(4)14-9-15-23(5,21(24)25-6)20(22)13-12-18-10-8-11-19(16-18)17(2)3/h7-8,10-11,16-17,20H,1,9,12-15H2,2-6H3/t20-,22+,23-/m1/s1. The summed E-state index contributed by atoms with van der Waals surface area (Å²) in [6.45, 7) is 12.9. The average molecular weight is 343 g/mol. The highest BCUT2D eigenvalue weighted by molar-refractivity contribution is 5.77. The molecule has 138 valence electrons. The van der Waals surface area contributed by atoms with Crippen molar-refractivity contribution >= 4 is 5.97 Å². The van der Waals surface area contributed by atoms with Gasteiger partial charge in [-0.2, -0.15) is 0 Å². The lowest BCUT2D eigenvalue weighted by molar-refractivity contribution is -0.162. The molecule has 1 saturated carbocycles. The minimum absolute atomic E-state index is 0.0170. The first kappa shape index (κ1) is 19.8. The first-order valence-corrected chi connectivity index (χ1v) is 9.57. The third-order valence-electron chi connectivity index (χ3n) is 6.43. The highest BCUT2D eigenvalue weighted by Gasteiger charge is 2.51. The van der Waals surface area contributed by atoms with Crippen molar-refractivity contribution in [2.45, 2.75) is 65.7 Å². The highest BCUT2D eigenvalue weighted by Crippen LogP contribution is 2.54. The first-order valence-electron chi connectivity index (χ1n) is 9.57. The maximum absolute atomic E-state index is 12.6. The molecule has 1 aromatic rings. The Hall–Kier alpha value is -1.57. The molecule has 1 fully saturated rings. The number of ether oxygens (including phenoxy) is 1. The Bertz CT molecular complexity index is 618. The molecule has 0 aliphatic heterocycles. The van der Waals surface area contributed by atoms with Crippen molar-refractivity contribution < 1.29 is 9.53 Å². The molecule has 1 aromatic carbocycles. The molecule has 0 heterocycles. The van der Waals surface area contributed by atoms with Crippen LogP contribution in [-0.4, -0.2) is 13.1 Å². The minimum atomic E-state index is -0.425. The van der Waals surface area contributed by atoms with E-state index < -0.39 is 5.41 Å². The van der Waals surface area contributed by atoms with Crippen molar-refractivity contribution in [3.63, 3.8) is 0 Å². The lowest BCUT2D eigenvalue weighted by Crippen LogP contribution is -2.48. The van der Waals surface area contributed by atoms with Crippen molar-refractivity contribution in [3.8, 4) is 0 Å². The molecule has 0 spiro atoms. The third-order valence-corrected chi connectivity index (χ3v) is 6.43. The van der Waals surface area contributed by atoms with Gasteiger partial charge in [0.2, 0.25) is 0 Å². The van der Waals surface area contributed by atoms with E-state index in [-0.39, 0.29) is 17.3 Å². The molecular formula is C23H34O2. The number of carbonyl (C=O) groups is 1. The smallest absolute Gasteiger partial charge is 0.311 e. The van der Waals surface area contributed by atoms with Crippen molar-refractivity contribution in [2.75, 3.05) is 7.11 Å². The Labute approximate surface area is 153 Å². The summed E-state index contributed by atoms with van der Waals surface area (Å²) in [5, 5.41) is 0. The number of hydrogen-bond acceptors (Lipinski definition) is 2. The van der Waals surface area contributed by atoms with E-state index in [1.165, 1.54) is 18.2 Å². The first-order chi connectivity index (χ1) is 11.8. The summed E-state index contributed by atoms with van der Waals surface area (Å²) in [6.07, 6.45) is 7.09. The second-order valence-corrected chi connectivity index (χ2v) is 8.46. The number of esters is 1. The van der Waals surface area contributed by atoms with Gasteiger partial charge in [0.25, 0.3) is 0 Å². The molecule has 0 radical (unpaired) electrons. The Kier molecular flexibility index (Phi) is 6.13. The Morgan fingerprint density at radius 3 is 2.68 bits per heavy atom. The van der Waals surface area contributed by atoms with Crippen LogP contribution in [0.25, 0.3) is 0 Å². The molecule has 0 amide bonds. The maximum Gasteiger partial charge on any atom is 0.311 e. The van der Waals surface area contributed by atoms with Crippen LogP contribution in [0.4, 0.5) is 0 Å². The van der Waals surface area contributed by atoms with Gasteiger partial charge in [0.1, 0.15) is 0 Å². The van der Waals surface area contributed by atoms with Crippen LogP contribution >= 0.6 is 0 Å². The summed E-state index contributed by atoms with van der Waals surface area (Å²) < 4.78 is 5.19. The summed E-state index contributed by atoms with van der Waals surface area (Å²) in [4.78, 5) is 12.6. The van der Waals surface area contributed by atoms with Gasteiger partial charge in [-0.3, -0.25) is 4.79 Å². The molecule has 1 aliphatic carbocycles. The number of aryl methyl sites for hydroxylation is 1. The van der Waals surface area contributed by atoms with E-state index in [9.17, 15) is 4.79 Å². The Morgan fingerprint density at radius 2 is 2.08 bits per heavy atom. The van der Waals surface area contributed by atoms with Crippen LogP contribution in [0.3, 0.4) is 0 Å². The third kappa shape index (κ3) is 3.99. The summed E-state index contributed by atoms with van der Waals surface area (Å²) in [7, 11) is 1.51. The van der Waals surface area contributed by atoms with Gasteiger partial charge >= 0.3 is 5.97 Å². The lowest BCUT2D eigenvalue weighted by Gasteiger charge is -2.49. The summed E-state index contributed by atoms with van der Waals surface area (Å²) in [5.74, 6) is 0.719. The molecule has 0 aromatic heterocycles.